The van der Waals surface area contributed by atoms with Crippen LogP contribution in [0.2, 0.25) is 0 Å². The summed E-state index contributed by atoms with van der Waals surface area (Å²) in [5.74, 6) is -2.10. The fraction of sp³-hybridized carbons (Fsp3) is 0.400. The predicted molar refractivity (Wildman–Crippen MR) is 83.2 cm³/mol. The third kappa shape index (κ3) is 5.50. The van der Waals surface area contributed by atoms with Crippen molar-refractivity contribution in [3.63, 3.8) is 0 Å². The molecule has 0 radical (unpaired) electrons. The summed E-state index contributed by atoms with van der Waals surface area (Å²) in [7, 11) is 0. The molecule has 1 amide bonds. The molecule has 23 heavy (non-hydrogen) atoms. The van der Waals surface area contributed by atoms with Crippen LogP contribution in [0, 0.1) is 5.41 Å². The van der Waals surface area contributed by atoms with Crippen molar-refractivity contribution >= 4 is 18.0 Å². The van der Waals surface area contributed by atoms with Gasteiger partial charge in [0.15, 0.2) is 5.96 Å². The van der Waals surface area contributed by atoms with E-state index in [4.69, 9.17) is 15.9 Å². The maximum atomic E-state index is 12.2. The predicted octanol–water partition coefficient (Wildman–Crippen LogP) is 1.52. The number of hydrogen-bond acceptors (Lipinski definition) is 5. The lowest BCUT2D eigenvalue weighted by molar-refractivity contribution is -0.141. The Morgan fingerprint density at radius 1 is 1.39 bits per heavy atom. The summed E-state index contributed by atoms with van der Waals surface area (Å²) >= 11 is 0. The number of carboxylic acid groups (broad SMARTS) is 1. The van der Waals surface area contributed by atoms with Crippen molar-refractivity contribution < 1.29 is 24.5 Å². The highest BCUT2D eigenvalue weighted by Crippen LogP contribution is 2.17. The van der Waals surface area contributed by atoms with E-state index in [1.165, 1.54) is 12.1 Å². The first-order valence-corrected chi connectivity index (χ1v) is 6.88. The Morgan fingerprint density at radius 3 is 2.43 bits per heavy atom. The number of ether oxygens (including phenoxy) is 1. The average molecular weight is 323 g/mol. The van der Waals surface area contributed by atoms with Crippen LogP contribution in [0.1, 0.15) is 26.3 Å². The lowest BCUT2D eigenvalue weighted by Crippen LogP contribution is -2.53. The molecule has 0 heterocycles. The highest BCUT2D eigenvalue weighted by atomic mass is 16.6. The Hall–Kier alpha value is -2.77. The van der Waals surface area contributed by atoms with Gasteiger partial charge < -0.3 is 20.7 Å². The second-order valence-corrected chi connectivity index (χ2v) is 5.96. The molecule has 0 aliphatic rings. The second-order valence-electron chi connectivity index (χ2n) is 5.96. The average Bonchev–Trinajstić information content (AvgIpc) is 2.35. The van der Waals surface area contributed by atoms with Crippen LogP contribution in [0.25, 0.3) is 0 Å². The molecule has 8 heteroatoms. The molecule has 0 aliphatic heterocycles. The molecule has 0 bridgehead atoms. The molecule has 0 aromatic heterocycles. The molecule has 8 nitrogen and oxygen atoms in total. The second kappa shape index (κ2) is 6.99. The van der Waals surface area contributed by atoms with Crippen LogP contribution >= 0.6 is 0 Å². The first-order valence-electron chi connectivity index (χ1n) is 6.88. The number of benzene rings is 1. The lowest BCUT2D eigenvalue weighted by Gasteiger charge is -2.30. The fourth-order valence-corrected chi connectivity index (χ4v) is 1.90. The summed E-state index contributed by atoms with van der Waals surface area (Å²) in [5, 5.41) is 26.4. The molecule has 1 rings (SSSR count). The van der Waals surface area contributed by atoms with Gasteiger partial charge in [-0.2, -0.15) is 0 Å². The number of nitrogens with one attached hydrogen (secondary N) is 1. The monoisotopic (exact) mass is 323 g/mol. The minimum absolute atomic E-state index is 0.0294. The van der Waals surface area contributed by atoms with Crippen LogP contribution in [-0.2, 0) is 16.0 Å². The van der Waals surface area contributed by atoms with E-state index in [1.54, 1.807) is 32.9 Å². The van der Waals surface area contributed by atoms with E-state index in [1.807, 2.05) is 0 Å². The van der Waals surface area contributed by atoms with Gasteiger partial charge in [0.2, 0.25) is 0 Å². The topological polar surface area (TPSA) is 137 Å². The lowest BCUT2D eigenvalue weighted by atomic mass is 10.0. The van der Waals surface area contributed by atoms with Crippen molar-refractivity contribution in [2.45, 2.75) is 38.8 Å². The summed E-state index contributed by atoms with van der Waals surface area (Å²) in [6.45, 7) is 4.86. The number of phenolic OH excluding ortho intramolecular Hbond substituents is 1. The number of hydrogen-bond donors (Lipinski definition) is 4. The summed E-state index contributed by atoms with van der Waals surface area (Å²) in [4.78, 5) is 24.3. The molecule has 126 valence electrons. The van der Waals surface area contributed by atoms with Crippen molar-refractivity contribution in [2.75, 3.05) is 0 Å². The van der Waals surface area contributed by atoms with Crippen molar-refractivity contribution in [3.05, 3.63) is 29.8 Å². The van der Waals surface area contributed by atoms with Gasteiger partial charge in [-0.05, 0) is 38.5 Å². The molecule has 1 aromatic rings. The fourth-order valence-electron chi connectivity index (χ4n) is 1.90. The van der Waals surface area contributed by atoms with E-state index in [0.29, 0.717) is 10.5 Å². The van der Waals surface area contributed by atoms with Crippen molar-refractivity contribution in [1.82, 2.24) is 4.90 Å². The van der Waals surface area contributed by atoms with E-state index in [9.17, 15) is 19.8 Å². The molecule has 0 saturated carbocycles. The van der Waals surface area contributed by atoms with Crippen LogP contribution in [0.15, 0.2) is 24.3 Å². The Balaban J connectivity index is 3.10. The molecule has 5 N–H and O–H groups in total. The van der Waals surface area contributed by atoms with Gasteiger partial charge in [0, 0.05) is 6.42 Å². The summed E-state index contributed by atoms with van der Waals surface area (Å²) < 4.78 is 5.11. The zero-order valence-corrected chi connectivity index (χ0v) is 13.2. The number of carbonyl (C=O) groups is 2. The zero-order chi connectivity index (χ0) is 17.8. The van der Waals surface area contributed by atoms with Gasteiger partial charge in [-0.25, -0.2) is 14.5 Å². The first-order chi connectivity index (χ1) is 10.5. The molecular formula is C15H21N3O5. The molecule has 1 atom stereocenters. The number of amides is 1. The van der Waals surface area contributed by atoms with Gasteiger partial charge in [-0.15, -0.1) is 0 Å². The van der Waals surface area contributed by atoms with E-state index in [-0.39, 0.29) is 12.2 Å². The van der Waals surface area contributed by atoms with Crippen LogP contribution in [0.5, 0.6) is 5.75 Å². The van der Waals surface area contributed by atoms with E-state index < -0.39 is 29.7 Å². The number of nitrogens with two attached hydrogens (primary N) is 1. The smallest absolute Gasteiger partial charge is 0.417 e. The largest absolute Gasteiger partial charge is 0.508 e. The zero-order valence-electron chi connectivity index (χ0n) is 13.2. The SMILES string of the molecule is CC(C)(C)OC(=O)N(C(=N)N)[C@@H](Cc1cccc(O)c1)C(=O)O. The number of nitrogens with zero attached hydrogens (tertiary/aromatic N) is 1. The third-order valence-corrected chi connectivity index (χ3v) is 2.79. The molecule has 0 saturated heterocycles. The van der Waals surface area contributed by atoms with Gasteiger partial charge in [-0.1, -0.05) is 12.1 Å². The van der Waals surface area contributed by atoms with Gasteiger partial charge in [0.05, 0.1) is 0 Å². The van der Waals surface area contributed by atoms with Gasteiger partial charge >= 0.3 is 12.1 Å². The Morgan fingerprint density at radius 2 is 2.00 bits per heavy atom. The van der Waals surface area contributed by atoms with E-state index in [0.717, 1.165) is 0 Å². The van der Waals surface area contributed by atoms with E-state index >= 15 is 0 Å². The van der Waals surface area contributed by atoms with Crippen molar-refractivity contribution in [3.8, 4) is 5.75 Å². The Kier molecular flexibility index (Phi) is 5.56. The number of guanidine groups is 1. The molecule has 1 aromatic carbocycles. The van der Waals surface area contributed by atoms with Gasteiger partial charge in [0.1, 0.15) is 17.4 Å². The van der Waals surface area contributed by atoms with Crippen molar-refractivity contribution in [2.24, 2.45) is 5.73 Å². The normalized spacial score (nSPS) is 12.3. The number of carboxylic acids is 1. The summed E-state index contributed by atoms with van der Waals surface area (Å²) in [5.41, 5.74) is 4.99. The molecular weight excluding hydrogens is 302 g/mol. The molecule has 0 unspecified atom stereocenters. The minimum Gasteiger partial charge on any atom is -0.508 e. The van der Waals surface area contributed by atoms with Crippen LogP contribution < -0.4 is 5.73 Å². The summed E-state index contributed by atoms with van der Waals surface area (Å²) in [6, 6.07) is 4.54. The Labute approximate surface area is 134 Å². The van der Waals surface area contributed by atoms with Crippen molar-refractivity contribution in [1.29, 1.82) is 5.41 Å². The highest BCUT2D eigenvalue weighted by molar-refractivity contribution is 5.96. The minimum atomic E-state index is -1.43. The number of aromatic hydroxyl groups is 1. The van der Waals surface area contributed by atoms with Crippen LogP contribution in [0.4, 0.5) is 4.79 Å². The molecule has 0 aliphatic carbocycles. The number of carbonyl (C=O) groups excluding carboxylic acids is 1. The quantitative estimate of drug-likeness (QED) is 0.490. The van der Waals surface area contributed by atoms with Crippen LogP contribution in [0.3, 0.4) is 0 Å². The third-order valence-electron chi connectivity index (χ3n) is 2.79. The number of rotatable bonds is 4. The maximum Gasteiger partial charge on any atom is 0.417 e. The van der Waals surface area contributed by atoms with E-state index in [2.05, 4.69) is 0 Å². The van der Waals surface area contributed by atoms with Gasteiger partial charge in [-0.3, -0.25) is 5.41 Å². The van der Waals surface area contributed by atoms with Crippen LogP contribution in [-0.4, -0.2) is 44.8 Å². The number of aliphatic carboxylic acids is 1. The maximum absolute atomic E-state index is 12.2. The first kappa shape index (κ1) is 18.3. The molecule has 0 fully saturated rings. The highest BCUT2D eigenvalue weighted by Gasteiger charge is 2.35. The standard InChI is InChI=1S/C15H21N3O5/c1-15(2,3)23-14(22)18(13(16)17)11(12(20)21)8-9-5-4-6-10(19)7-9/h4-7,11,19H,8H2,1-3H3,(H3,16,17)(H,20,21)/t11-/m0/s1. The summed E-state index contributed by atoms with van der Waals surface area (Å²) in [6.07, 6.45) is -1.15. The van der Waals surface area contributed by atoms with Gasteiger partial charge in [0.25, 0.3) is 0 Å². The number of phenols is 1. The Bertz CT molecular complexity index is 609. The molecule has 0 spiro atoms.